The topological polar surface area (TPSA) is 71.1 Å². The minimum Gasteiger partial charge on any atom is -0.325 e. The van der Waals surface area contributed by atoms with E-state index in [0.717, 1.165) is 17.7 Å². The smallest absolute Gasteiger partial charge is 0.257 e. The highest BCUT2D eigenvalue weighted by atomic mass is 35.5. The molecular weight excluding hydrogens is 413 g/mol. The van der Waals surface area contributed by atoms with Crippen molar-refractivity contribution in [1.29, 1.82) is 0 Å². The van der Waals surface area contributed by atoms with E-state index in [1.165, 1.54) is 29.5 Å². The molecule has 2 N–H and O–H groups in total. The average Bonchev–Trinajstić information content (AvgIpc) is 3.13. The first-order valence-corrected chi connectivity index (χ1v) is 10.3. The Morgan fingerprint density at radius 3 is 2.69 bits per heavy atom. The van der Waals surface area contributed by atoms with Crippen molar-refractivity contribution in [3.05, 3.63) is 75.5 Å². The predicted octanol–water partition coefficient (Wildman–Crippen LogP) is 5.25. The summed E-state index contributed by atoms with van der Waals surface area (Å²) in [5.41, 5.74) is 1.67. The number of nitrogens with zero attached hydrogens (tertiary/aromatic N) is 1. The quantitative estimate of drug-likeness (QED) is 0.595. The number of rotatable bonds is 4. The van der Waals surface area contributed by atoms with Crippen LogP contribution in [0.4, 0.5) is 15.2 Å². The van der Waals surface area contributed by atoms with Crippen molar-refractivity contribution in [1.82, 2.24) is 4.98 Å². The second-order valence-electron chi connectivity index (χ2n) is 6.71. The lowest BCUT2D eigenvalue weighted by Crippen LogP contribution is -2.24. The van der Waals surface area contributed by atoms with Gasteiger partial charge in [0.1, 0.15) is 5.82 Å². The Kier molecular flexibility index (Phi) is 5.60. The number of carbonyl (C=O) groups is 2. The van der Waals surface area contributed by atoms with Gasteiger partial charge in [-0.2, -0.15) is 0 Å². The molecule has 0 bridgehead atoms. The van der Waals surface area contributed by atoms with Crippen LogP contribution in [-0.2, 0) is 11.2 Å². The van der Waals surface area contributed by atoms with Gasteiger partial charge >= 0.3 is 0 Å². The van der Waals surface area contributed by atoms with Crippen molar-refractivity contribution in [3.63, 3.8) is 0 Å². The van der Waals surface area contributed by atoms with E-state index in [9.17, 15) is 14.0 Å². The van der Waals surface area contributed by atoms with Gasteiger partial charge in [0, 0.05) is 16.1 Å². The van der Waals surface area contributed by atoms with Gasteiger partial charge in [-0.3, -0.25) is 14.9 Å². The summed E-state index contributed by atoms with van der Waals surface area (Å²) in [4.78, 5) is 30.7. The molecule has 0 saturated carbocycles. The molecule has 1 aliphatic rings. The predicted molar refractivity (Wildman–Crippen MR) is 112 cm³/mol. The van der Waals surface area contributed by atoms with Gasteiger partial charge in [-0.25, -0.2) is 9.37 Å². The number of anilines is 2. The van der Waals surface area contributed by atoms with E-state index >= 15 is 0 Å². The van der Waals surface area contributed by atoms with Crippen molar-refractivity contribution in [2.75, 3.05) is 10.6 Å². The minimum atomic E-state index is -0.539. The van der Waals surface area contributed by atoms with Crippen molar-refractivity contribution in [2.24, 2.45) is 0 Å². The summed E-state index contributed by atoms with van der Waals surface area (Å²) in [6.45, 7) is 0. The van der Waals surface area contributed by atoms with Crippen molar-refractivity contribution in [3.8, 4) is 0 Å². The first kappa shape index (κ1) is 19.5. The highest BCUT2D eigenvalue weighted by Gasteiger charge is 2.30. The molecular formula is C21H17ClFN3O2S. The summed E-state index contributed by atoms with van der Waals surface area (Å²) in [5.74, 6) is -1.43. The van der Waals surface area contributed by atoms with E-state index in [0.29, 0.717) is 28.5 Å². The fourth-order valence-electron chi connectivity index (χ4n) is 3.29. The van der Waals surface area contributed by atoms with E-state index in [-0.39, 0.29) is 16.8 Å². The number of hydrogen-bond donors (Lipinski definition) is 2. The van der Waals surface area contributed by atoms with Gasteiger partial charge in [-0.05, 0) is 49.6 Å². The summed E-state index contributed by atoms with van der Waals surface area (Å²) in [6.07, 6.45) is 2.33. The van der Waals surface area contributed by atoms with Crippen molar-refractivity contribution < 1.29 is 14.0 Å². The lowest BCUT2D eigenvalue weighted by atomic mass is 9.90. The van der Waals surface area contributed by atoms with Crippen molar-refractivity contribution >= 4 is 45.6 Å². The molecule has 1 atom stereocenters. The summed E-state index contributed by atoms with van der Waals surface area (Å²) >= 11 is 7.19. The molecule has 2 aromatic carbocycles. The number of hydrogen-bond acceptors (Lipinski definition) is 4. The molecule has 0 aliphatic heterocycles. The zero-order chi connectivity index (χ0) is 20.4. The second kappa shape index (κ2) is 8.31. The van der Waals surface area contributed by atoms with Crippen LogP contribution in [0, 0.1) is 5.82 Å². The molecule has 8 heteroatoms. The van der Waals surface area contributed by atoms with E-state index < -0.39 is 11.7 Å². The average molecular weight is 430 g/mol. The van der Waals surface area contributed by atoms with Gasteiger partial charge in [0.15, 0.2) is 5.13 Å². The minimum absolute atomic E-state index is 0.0493. The zero-order valence-electron chi connectivity index (χ0n) is 15.2. The number of amides is 2. The van der Waals surface area contributed by atoms with Crippen LogP contribution in [0.1, 0.15) is 39.7 Å². The maximum atomic E-state index is 13.3. The molecule has 1 unspecified atom stereocenters. The Hall–Kier alpha value is -2.77. The highest BCUT2D eigenvalue weighted by Crippen LogP contribution is 2.37. The number of aromatic nitrogens is 1. The summed E-state index contributed by atoms with van der Waals surface area (Å²) < 4.78 is 13.3. The Morgan fingerprint density at radius 1 is 1.14 bits per heavy atom. The summed E-state index contributed by atoms with van der Waals surface area (Å²) in [6, 6.07) is 13.0. The number of thiazole rings is 1. The Labute approximate surface area is 175 Å². The van der Waals surface area contributed by atoms with Crippen LogP contribution < -0.4 is 10.6 Å². The van der Waals surface area contributed by atoms with Crippen LogP contribution in [0.15, 0.2) is 48.5 Å². The van der Waals surface area contributed by atoms with Crippen LogP contribution in [0.3, 0.4) is 0 Å². The van der Waals surface area contributed by atoms with Gasteiger partial charge in [-0.1, -0.05) is 29.8 Å². The number of nitrogens with one attached hydrogen (secondary N) is 2. The zero-order valence-corrected chi connectivity index (χ0v) is 16.8. The number of fused-ring (bicyclic) bond motifs is 1. The van der Waals surface area contributed by atoms with Gasteiger partial charge in [0.05, 0.1) is 16.6 Å². The molecule has 0 spiro atoms. The fraction of sp³-hybridized carbons (Fsp3) is 0.190. The molecule has 29 heavy (non-hydrogen) atoms. The van der Waals surface area contributed by atoms with E-state index in [1.807, 2.05) is 6.07 Å². The van der Waals surface area contributed by atoms with E-state index in [1.54, 1.807) is 24.3 Å². The normalized spacial score (nSPS) is 15.4. The number of aryl methyl sites for hydroxylation is 1. The monoisotopic (exact) mass is 429 g/mol. The molecule has 0 saturated heterocycles. The molecule has 1 aliphatic carbocycles. The maximum Gasteiger partial charge on any atom is 0.257 e. The van der Waals surface area contributed by atoms with Gasteiger partial charge in [0.25, 0.3) is 5.91 Å². The third kappa shape index (κ3) is 4.31. The highest BCUT2D eigenvalue weighted by molar-refractivity contribution is 7.16. The lowest BCUT2D eigenvalue weighted by Gasteiger charge is -2.20. The molecule has 1 heterocycles. The molecule has 2 amide bonds. The van der Waals surface area contributed by atoms with Crippen LogP contribution in [-0.4, -0.2) is 16.8 Å². The molecule has 0 fully saturated rings. The van der Waals surface area contributed by atoms with Crippen molar-refractivity contribution in [2.45, 2.75) is 25.2 Å². The van der Waals surface area contributed by atoms with Crippen LogP contribution in [0.2, 0.25) is 5.02 Å². The van der Waals surface area contributed by atoms with E-state index in [2.05, 4.69) is 15.6 Å². The summed E-state index contributed by atoms with van der Waals surface area (Å²) in [5, 5.41) is 6.03. The molecule has 1 aromatic heterocycles. The lowest BCUT2D eigenvalue weighted by molar-refractivity contribution is -0.117. The third-order valence-electron chi connectivity index (χ3n) is 4.71. The van der Waals surface area contributed by atoms with E-state index in [4.69, 9.17) is 11.6 Å². The summed E-state index contributed by atoms with van der Waals surface area (Å²) in [7, 11) is 0. The van der Waals surface area contributed by atoms with Gasteiger partial charge in [0.2, 0.25) is 5.91 Å². The number of halogens is 2. The largest absolute Gasteiger partial charge is 0.325 e. The van der Waals surface area contributed by atoms with Gasteiger partial charge < -0.3 is 5.32 Å². The molecule has 4 rings (SSSR count). The number of carbonyl (C=O) groups excluding carboxylic acids is 2. The SMILES string of the molecule is O=C(Nc1nc2c(s1)CCCC2C(=O)Nc1ccc(F)c(Cl)c1)c1ccccc1. The molecule has 3 aromatic rings. The van der Waals surface area contributed by atoms with Crippen LogP contribution in [0.25, 0.3) is 0 Å². The Balaban J connectivity index is 1.51. The Bertz CT molecular complexity index is 1070. The maximum absolute atomic E-state index is 13.3. The molecule has 0 radical (unpaired) electrons. The first-order chi connectivity index (χ1) is 14.0. The van der Waals surface area contributed by atoms with Crippen LogP contribution in [0.5, 0.6) is 0 Å². The Morgan fingerprint density at radius 2 is 1.93 bits per heavy atom. The molecule has 5 nitrogen and oxygen atoms in total. The standard InChI is InChI=1S/C21H17ClFN3O2S/c22-15-11-13(9-10-16(15)23)24-20(28)14-7-4-8-17-18(14)25-21(29-17)26-19(27)12-5-2-1-3-6-12/h1-3,5-6,9-11,14H,4,7-8H2,(H,24,28)(H,25,26,27). The molecule has 148 valence electrons. The third-order valence-corrected chi connectivity index (χ3v) is 6.05. The number of benzene rings is 2. The first-order valence-electron chi connectivity index (χ1n) is 9.13. The van der Waals surface area contributed by atoms with Gasteiger partial charge in [-0.15, -0.1) is 11.3 Å². The fourth-order valence-corrected chi connectivity index (χ4v) is 4.53. The second-order valence-corrected chi connectivity index (χ2v) is 8.20. The van der Waals surface area contributed by atoms with Crippen LogP contribution >= 0.6 is 22.9 Å².